The number of hydrogen-bond acceptors (Lipinski definition) is 3. The summed E-state index contributed by atoms with van der Waals surface area (Å²) in [5.41, 5.74) is 1.18. The number of methoxy groups -OCH3 is 1. The molecule has 2 nitrogen and oxygen atoms in total. The molecule has 0 saturated carbocycles. The first kappa shape index (κ1) is 12.1. The van der Waals surface area contributed by atoms with E-state index in [2.05, 4.69) is 0 Å². The second-order valence-electron chi connectivity index (χ2n) is 3.37. The van der Waals surface area contributed by atoms with Crippen LogP contribution in [0.2, 0.25) is 0 Å². The summed E-state index contributed by atoms with van der Waals surface area (Å²) in [4.78, 5) is 11.5. The molecule has 0 bridgehead atoms. The average Bonchev–Trinajstić information content (AvgIpc) is 2.29. The highest BCUT2D eigenvalue weighted by atomic mass is 32.2. The van der Waals surface area contributed by atoms with E-state index in [1.54, 1.807) is 11.8 Å². The Bertz CT molecular complexity index is 298. The van der Waals surface area contributed by atoms with Crippen molar-refractivity contribution in [2.45, 2.75) is 6.42 Å². The van der Waals surface area contributed by atoms with Crippen LogP contribution in [-0.4, -0.2) is 25.1 Å². The van der Waals surface area contributed by atoms with Crippen molar-refractivity contribution in [1.29, 1.82) is 0 Å². The highest BCUT2D eigenvalue weighted by Crippen LogP contribution is 2.14. The number of carbonyl (C=O) groups is 1. The number of thioether (sulfide) groups is 1. The molecule has 1 unspecified atom stereocenters. The molecule has 0 aliphatic rings. The third kappa shape index (κ3) is 3.96. The monoisotopic (exact) mass is 224 g/mol. The van der Waals surface area contributed by atoms with Gasteiger partial charge in [-0.25, -0.2) is 0 Å². The van der Waals surface area contributed by atoms with Gasteiger partial charge in [-0.15, -0.1) is 0 Å². The van der Waals surface area contributed by atoms with Gasteiger partial charge < -0.3 is 4.74 Å². The fourth-order valence-corrected chi connectivity index (χ4v) is 2.13. The minimum Gasteiger partial charge on any atom is -0.469 e. The molecule has 82 valence electrons. The Hall–Kier alpha value is -0.960. The van der Waals surface area contributed by atoms with E-state index >= 15 is 0 Å². The summed E-state index contributed by atoms with van der Waals surface area (Å²) in [6.45, 7) is 0. The Morgan fingerprint density at radius 1 is 1.40 bits per heavy atom. The predicted octanol–water partition coefficient (Wildman–Crippen LogP) is 2.38. The highest BCUT2D eigenvalue weighted by Gasteiger charge is 2.18. The van der Waals surface area contributed by atoms with E-state index in [0.717, 1.165) is 12.2 Å². The minimum atomic E-state index is -0.117. The summed E-state index contributed by atoms with van der Waals surface area (Å²) in [7, 11) is 1.45. The zero-order chi connectivity index (χ0) is 11.1. The van der Waals surface area contributed by atoms with E-state index in [1.165, 1.54) is 12.7 Å². The molecule has 1 atom stereocenters. The molecular weight excluding hydrogens is 208 g/mol. The normalized spacial score (nSPS) is 12.1. The van der Waals surface area contributed by atoms with Crippen molar-refractivity contribution in [2.24, 2.45) is 5.92 Å². The van der Waals surface area contributed by atoms with Crippen LogP contribution in [0.5, 0.6) is 0 Å². The first-order valence-corrected chi connectivity index (χ1v) is 6.28. The zero-order valence-corrected chi connectivity index (χ0v) is 9.92. The Labute approximate surface area is 95.0 Å². The van der Waals surface area contributed by atoms with Gasteiger partial charge in [0.05, 0.1) is 13.0 Å². The van der Waals surface area contributed by atoms with Crippen molar-refractivity contribution in [2.75, 3.05) is 19.1 Å². The van der Waals surface area contributed by atoms with E-state index < -0.39 is 0 Å². The van der Waals surface area contributed by atoms with E-state index in [-0.39, 0.29) is 11.9 Å². The standard InChI is InChI=1S/C12H16O2S/c1-14-12(13)11(9-15-2)8-10-6-4-3-5-7-10/h3-7,11H,8-9H2,1-2H3. The molecule has 0 fully saturated rings. The second-order valence-corrected chi connectivity index (χ2v) is 4.28. The van der Waals surface area contributed by atoms with Gasteiger partial charge in [0, 0.05) is 5.75 Å². The van der Waals surface area contributed by atoms with Gasteiger partial charge in [-0.05, 0) is 18.2 Å². The molecule has 0 radical (unpaired) electrons. The van der Waals surface area contributed by atoms with Crippen LogP contribution >= 0.6 is 11.8 Å². The molecule has 0 aliphatic carbocycles. The summed E-state index contributed by atoms with van der Waals surface area (Å²) in [6, 6.07) is 10.0. The molecule has 0 spiro atoms. The number of ether oxygens (including phenoxy) is 1. The number of rotatable bonds is 5. The Kier molecular flexibility index (Phi) is 5.26. The summed E-state index contributed by atoms with van der Waals surface area (Å²) < 4.78 is 4.78. The van der Waals surface area contributed by atoms with Gasteiger partial charge in [0.15, 0.2) is 0 Å². The molecular formula is C12H16O2S. The van der Waals surface area contributed by atoms with Gasteiger partial charge in [-0.1, -0.05) is 30.3 Å². The third-order valence-corrected chi connectivity index (χ3v) is 2.96. The quantitative estimate of drug-likeness (QED) is 0.718. The Balaban J connectivity index is 2.62. The molecule has 0 saturated heterocycles. The van der Waals surface area contributed by atoms with Crippen LogP contribution in [0, 0.1) is 5.92 Å². The second kappa shape index (κ2) is 6.51. The maximum atomic E-state index is 11.5. The predicted molar refractivity (Wildman–Crippen MR) is 64.0 cm³/mol. The van der Waals surface area contributed by atoms with Crippen molar-refractivity contribution >= 4 is 17.7 Å². The maximum Gasteiger partial charge on any atom is 0.309 e. The SMILES string of the molecule is COC(=O)C(CSC)Cc1ccccc1. The molecule has 0 heterocycles. The highest BCUT2D eigenvalue weighted by molar-refractivity contribution is 7.98. The smallest absolute Gasteiger partial charge is 0.309 e. The molecule has 0 amide bonds. The van der Waals surface area contributed by atoms with Crippen molar-refractivity contribution in [3.63, 3.8) is 0 Å². The zero-order valence-electron chi connectivity index (χ0n) is 9.10. The lowest BCUT2D eigenvalue weighted by molar-refractivity contribution is -0.144. The lowest BCUT2D eigenvalue weighted by atomic mass is 10.0. The van der Waals surface area contributed by atoms with E-state index in [9.17, 15) is 4.79 Å². The lowest BCUT2D eigenvalue weighted by Gasteiger charge is -2.12. The first-order valence-electron chi connectivity index (χ1n) is 4.88. The van der Waals surface area contributed by atoms with E-state index in [0.29, 0.717) is 0 Å². The Morgan fingerprint density at radius 2 is 2.07 bits per heavy atom. The summed E-state index contributed by atoms with van der Waals surface area (Å²) >= 11 is 1.67. The van der Waals surface area contributed by atoms with Crippen molar-refractivity contribution in [1.82, 2.24) is 0 Å². The fourth-order valence-electron chi connectivity index (χ4n) is 1.48. The number of esters is 1. The van der Waals surface area contributed by atoms with Gasteiger partial charge in [0.25, 0.3) is 0 Å². The largest absolute Gasteiger partial charge is 0.469 e. The number of benzene rings is 1. The average molecular weight is 224 g/mol. The van der Waals surface area contributed by atoms with Crippen LogP contribution in [-0.2, 0) is 16.0 Å². The van der Waals surface area contributed by atoms with Crippen LogP contribution in [0.15, 0.2) is 30.3 Å². The van der Waals surface area contributed by atoms with Gasteiger partial charge in [-0.3, -0.25) is 4.79 Å². The van der Waals surface area contributed by atoms with Crippen molar-refractivity contribution in [3.05, 3.63) is 35.9 Å². The van der Waals surface area contributed by atoms with Gasteiger partial charge in [0.2, 0.25) is 0 Å². The molecule has 1 rings (SSSR count). The minimum absolute atomic E-state index is 0.0348. The molecule has 0 N–H and O–H groups in total. The van der Waals surface area contributed by atoms with Crippen molar-refractivity contribution in [3.8, 4) is 0 Å². The van der Waals surface area contributed by atoms with Crippen molar-refractivity contribution < 1.29 is 9.53 Å². The molecule has 0 aromatic heterocycles. The summed E-state index contributed by atoms with van der Waals surface area (Å²) in [5.74, 6) is 0.655. The topological polar surface area (TPSA) is 26.3 Å². The fraction of sp³-hybridized carbons (Fsp3) is 0.417. The molecule has 15 heavy (non-hydrogen) atoms. The number of hydrogen-bond donors (Lipinski definition) is 0. The van der Waals surface area contributed by atoms with E-state index in [1.807, 2.05) is 36.6 Å². The van der Waals surface area contributed by atoms with Crippen LogP contribution in [0.25, 0.3) is 0 Å². The van der Waals surface area contributed by atoms with Crippen LogP contribution in [0.1, 0.15) is 5.56 Å². The van der Waals surface area contributed by atoms with Gasteiger partial charge >= 0.3 is 5.97 Å². The summed E-state index contributed by atoms with van der Waals surface area (Å²) in [6.07, 6.45) is 2.76. The third-order valence-electron chi connectivity index (χ3n) is 2.23. The molecule has 1 aromatic rings. The van der Waals surface area contributed by atoms with Crippen LogP contribution in [0.4, 0.5) is 0 Å². The summed E-state index contributed by atoms with van der Waals surface area (Å²) in [5, 5.41) is 0. The van der Waals surface area contributed by atoms with Gasteiger partial charge in [0.1, 0.15) is 0 Å². The Morgan fingerprint density at radius 3 is 2.60 bits per heavy atom. The molecule has 1 aromatic carbocycles. The van der Waals surface area contributed by atoms with Crippen LogP contribution < -0.4 is 0 Å². The molecule has 0 aliphatic heterocycles. The van der Waals surface area contributed by atoms with Crippen LogP contribution in [0.3, 0.4) is 0 Å². The lowest BCUT2D eigenvalue weighted by Crippen LogP contribution is -2.21. The first-order chi connectivity index (χ1) is 7.27. The van der Waals surface area contributed by atoms with Gasteiger partial charge in [-0.2, -0.15) is 11.8 Å². The number of carbonyl (C=O) groups excluding carboxylic acids is 1. The molecule has 3 heteroatoms. The van der Waals surface area contributed by atoms with E-state index in [4.69, 9.17) is 4.74 Å². The maximum absolute atomic E-state index is 11.5.